The average Bonchev–Trinajstić information content (AvgIpc) is 3.39. The van der Waals surface area contributed by atoms with Crippen molar-refractivity contribution in [2.75, 3.05) is 5.32 Å². The smallest absolute Gasteiger partial charge is 0.311 e. The Labute approximate surface area is 210 Å². The molecule has 2 aromatic heterocycles. The van der Waals surface area contributed by atoms with Crippen LogP contribution in [-0.2, 0) is 4.79 Å². The van der Waals surface area contributed by atoms with Gasteiger partial charge in [-0.1, -0.05) is 58.6 Å². The second-order valence-electron chi connectivity index (χ2n) is 12.1. The van der Waals surface area contributed by atoms with Crippen molar-refractivity contribution >= 4 is 17.4 Å². The number of rotatable bonds is 8. The predicted octanol–water partition coefficient (Wildman–Crippen LogP) is 7.81. The molecule has 0 bridgehead atoms. The van der Waals surface area contributed by atoms with Crippen molar-refractivity contribution in [2.24, 2.45) is 11.3 Å². The van der Waals surface area contributed by atoms with Crippen molar-refractivity contribution in [1.29, 1.82) is 0 Å². The summed E-state index contributed by atoms with van der Waals surface area (Å²) >= 11 is 0. The molecule has 1 fully saturated rings. The number of imidazole rings is 1. The Hall–Kier alpha value is -2.82. The largest absolute Gasteiger partial charge is 0.426 e. The van der Waals surface area contributed by atoms with Gasteiger partial charge in [0.05, 0.1) is 0 Å². The zero-order valence-electron chi connectivity index (χ0n) is 22.3. The molecule has 0 aliphatic heterocycles. The van der Waals surface area contributed by atoms with Crippen molar-refractivity contribution in [1.82, 2.24) is 9.38 Å². The number of benzene rings is 1. The molecule has 1 aliphatic carbocycles. The van der Waals surface area contributed by atoms with E-state index in [1.807, 2.05) is 24.3 Å². The number of aromatic nitrogens is 2. The summed E-state index contributed by atoms with van der Waals surface area (Å²) in [7, 11) is 0. The Morgan fingerprint density at radius 2 is 1.83 bits per heavy atom. The summed E-state index contributed by atoms with van der Waals surface area (Å²) in [6.45, 7) is 13.3. The number of hydrogen-bond acceptors (Lipinski definition) is 4. The van der Waals surface area contributed by atoms with Gasteiger partial charge < -0.3 is 10.1 Å². The molecule has 1 aromatic carbocycles. The lowest BCUT2D eigenvalue weighted by molar-refractivity contribution is -0.134. The minimum atomic E-state index is -0.166. The van der Waals surface area contributed by atoms with Crippen molar-refractivity contribution in [2.45, 2.75) is 92.0 Å². The lowest BCUT2D eigenvalue weighted by atomic mass is 9.82. The Bertz CT molecular complexity index is 1180. The second kappa shape index (κ2) is 10.0. The van der Waals surface area contributed by atoms with E-state index in [0.717, 1.165) is 41.1 Å². The summed E-state index contributed by atoms with van der Waals surface area (Å²) in [5.41, 5.74) is 3.66. The Morgan fingerprint density at radius 1 is 1.11 bits per heavy atom. The number of nitrogens with zero attached hydrogens (tertiary/aromatic N) is 2. The van der Waals surface area contributed by atoms with Gasteiger partial charge in [0, 0.05) is 23.7 Å². The Morgan fingerprint density at radius 3 is 2.54 bits per heavy atom. The molecule has 1 aliphatic rings. The van der Waals surface area contributed by atoms with Gasteiger partial charge >= 0.3 is 5.97 Å². The van der Waals surface area contributed by atoms with Crippen molar-refractivity contribution < 1.29 is 9.53 Å². The molecule has 35 heavy (non-hydrogen) atoms. The number of aryl methyl sites for hydroxylation is 1. The highest BCUT2D eigenvalue weighted by Crippen LogP contribution is 2.38. The molecule has 0 spiro atoms. The van der Waals surface area contributed by atoms with Gasteiger partial charge in [-0.05, 0) is 74.8 Å². The number of pyridine rings is 1. The zero-order chi connectivity index (χ0) is 25.2. The number of hydrogen-bond donors (Lipinski definition) is 1. The summed E-state index contributed by atoms with van der Waals surface area (Å²) in [5, 5.41) is 3.79. The van der Waals surface area contributed by atoms with Crippen LogP contribution in [0.25, 0.3) is 16.9 Å². The molecule has 4 rings (SSSR count). The van der Waals surface area contributed by atoms with Gasteiger partial charge in [-0.2, -0.15) is 0 Å². The van der Waals surface area contributed by atoms with Gasteiger partial charge in [0.25, 0.3) is 0 Å². The lowest BCUT2D eigenvalue weighted by Crippen LogP contribution is -2.36. The lowest BCUT2D eigenvalue weighted by Gasteiger charge is -2.34. The van der Waals surface area contributed by atoms with Crippen LogP contribution in [0, 0.1) is 18.3 Å². The number of ether oxygens (including phenoxy) is 1. The number of carbonyl (C=O) groups excluding carboxylic acids is 1. The van der Waals surface area contributed by atoms with Crippen molar-refractivity contribution in [3.8, 4) is 17.0 Å². The summed E-state index contributed by atoms with van der Waals surface area (Å²) in [6.07, 6.45) is 9.49. The maximum Gasteiger partial charge on any atom is 0.311 e. The average molecular weight is 476 g/mol. The van der Waals surface area contributed by atoms with Crippen LogP contribution in [0.3, 0.4) is 0 Å². The van der Waals surface area contributed by atoms with Gasteiger partial charge in [0.1, 0.15) is 22.9 Å². The molecule has 0 radical (unpaired) electrons. The molecule has 1 saturated carbocycles. The highest BCUT2D eigenvalue weighted by Gasteiger charge is 2.29. The van der Waals surface area contributed by atoms with Gasteiger partial charge in [0.15, 0.2) is 0 Å². The molecule has 5 nitrogen and oxygen atoms in total. The van der Waals surface area contributed by atoms with Crippen LogP contribution in [0.2, 0.25) is 0 Å². The molecular formula is C30H41N3O2. The first-order valence-electron chi connectivity index (χ1n) is 13.1. The molecule has 0 amide bonds. The zero-order valence-corrected chi connectivity index (χ0v) is 22.3. The van der Waals surface area contributed by atoms with E-state index in [4.69, 9.17) is 9.72 Å². The monoisotopic (exact) mass is 475 g/mol. The number of anilines is 1. The fraction of sp³-hybridized carbons (Fsp3) is 0.533. The summed E-state index contributed by atoms with van der Waals surface area (Å²) in [6, 6.07) is 11.9. The fourth-order valence-corrected chi connectivity index (χ4v) is 5.69. The summed E-state index contributed by atoms with van der Waals surface area (Å²) in [4.78, 5) is 17.8. The second-order valence-corrected chi connectivity index (χ2v) is 12.1. The molecule has 0 saturated heterocycles. The van der Waals surface area contributed by atoms with E-state index < -0.39 is 0 Å². The van der Waals surface area contributed by atoms with Crippen LogP contribution in [0.15, 0.2) is 42.6 Å². The number of fused-ring (bicyclic) bond motifs is 1. The third-order valence-corrected chi connectivity index (χ3v) is 6.81. The van der Waals surface area contributed by atoms with E-state index in [1.54, 1.807) is 0 Å². The van der Waals surface area contributed by atoms with Crippen LogP contribution in [0.5, 0.6) is 5.75 Å². The van der Waals surface area contributed by atoms with Gasteiger partial charge in [-0.25, -0.2) is 4.98 Å². The summed E-state index contributed by atoms with van der Waals surface area (Å²) in [5.74, 6) is 2.00. The minimum absolute atomic E-state index is 0.161. The van der Waals surface area contributed by atoms with Crippen LogP contribution in [0.1, 0.15) is 85.1 Å². The maximum absolute atomic E-state index is 12.8. The van der Waals surface area contributed by atoms with Crippen molar-refractivity contribution in [3.63, 3.8) is 0 Å². The van der Waals surface area contributed by atoms with E-state index in [9.17, 15) is 4.79 Å². The predicted molar refractivity (Wildman–Crippen MR) is 144 cm³/mol. The van der Waals surface area contributed by atoms with E-state index in [-0.39, 0.29) is 16.9 Å². The molecule has 1 N–H and O–H groups in total. The van der Waals surface area contributed by atoms with Gasteiger partial charge in [-0.15, -0.1) is 0 Å². The maximum atomic E-state index is 12.8. The topological polar surface area (TPSA) is 55.6 Å². The summed E-state index contributed by atoms with van der Waals surface area (Å²) < 4.78 is 8.03. The first-order chi connectivity index (χ1) is 16.5. The first-order valence-corrected chi connectivity index (χ1v) is 13.1. The van der Waals surface area contributed by atoms with Crippen LogP contribution in [-0.4, -0.2) is 20.9 Å². The molecule has 188 valence electrons. The van der Waals surface area contributed by atoms with E-state index in [0.29, 0.717) is 18.1 Å². The SMILES string of the molecule is Cc1ccn2c(NC(C)(C)CC(C)(C)C)c(-c3ccccc3OC(=O)CCC3CCCC3)nc2c1. The minimum Gasteiger partial charge on any atom is -0.426 e. The number of esters is 1. The molecule has 0 atom stereocenters. The third-order valence-electron chi connectivity index (χ3n) is 6.81. The molecule has 2 heterocycles. The highest BCUT2D eigenvalue weighted by atomic mass is 16.5. The van der Waals surface area contributed by atoms with Crippen LogP contribution < -0.4 is 10.1 Å². The quantitative estimate of drug-likeness (QED) is 0.267. The third kappa shape index (κ3) is 6.45. The fourth-order valence-electron chi connectivity index (χ4n) is 5.69. The number of nitrogens with one attached hydrogen (secondary N) is 1. The van der Waals surface area contributed by atoms with Crippen LogP contribution in [0.4, 0.5) is 5.82 Å². The Kier molecular flexibility index (Phi) is 7.25. The first kappa shape index (κ1) is 25.3. The number of para-hydroxylation sites is 1. The Balaban J connectivity index is 1.67. The van der Waals surface area contributed by atoms with Crippen molar-refractivity contribution in [3.05, 3.63) is 48.2 Å². The van der Waals surface area contributed by atoms with Crippen LogP contribution >= 0.6 is 0 Å². The normalized spacial score (nSPS) is 15.0. The highest BCUT2D eigenvalue weighted by molar-refractivity contribution is 5.83. The van der Waals surface area contributed by atoms with E-state index in [2.05, 4.69) is 69.6 Å². The number of carbonyl (C=O) groups is 1. The molecule has 0 unspecified atom stereocenters. The molecular weight excluding hydrogens is 434 g/mol. The van der Waals surface area contributed by atoms with Gasteiger partial charge in [0.2, 0.25) is 0 Å². The standard InChI is InChI=1S/C30H41N3O2/c1-21-17-18-33-25(19-21)31-27(28(33)32-30(5,6)20-29(2,3)4)23-13-9-10-14-24(23)35-26(34)16-15-22-11-7-8-12-22/h9-10,13-14,17-19,22,32H,7-8,11-12,15-16,20H2,1-6H3. The molecule has 5 heteroatoms. The van der Waals surface area contributed by atoms with Gasteiger partial charge in [-0.3, -0.25) is 9.20 Å². The van der Waals surface area contributed by atoms with E-state index >= 15 is 0 Å². The van der Waals surface area contributed by atoms with E-state index in [1.165, 1.54) is 25.7 Å². The molecule has 3 aromatic rings.